The van der Waals surface area contributed by atoms with E-state index in [0.717, 1.165) is 5.69 Å². The number of urea groups is 1. The Hall–Kier alpha value is -2.47. The van der Waals surface area contributed by atoms with Gasteiger partial charge in [-0.3, -0.25) is 5.32 Å². The molecule has 1 aliphatic rings. The van der Waals surface area contributed by atoms with E-state index in [0.29, 0.717) is 37.3 Å². The van der Waals surface area contributed by atoms with Crippen molar-refractivity contribution in [2.24, 2.45) is 5.92 Å². The second kappa shape index (κ2) is 7.61. The zero-order chi connectivity index (χ0) is 17.8. The molecule has 1 aromatic carbocycles. The van der Waals surface area contributed by atoms with Gasteiger partial charge in [-0.1, -0.05) is 18.2 Å². The zero-order valence-electron chi connectivity index (χ0n) is 14.2. The third-order valence-electron chi connectivity index (χ3n) is 4.61. The monoisotopic (exact) mass is 343 g/mol. The molecule has 0 spiro atoms. The molecule has 2 aromatic rings. The molecule has 1 atom stereocenters. The molecular formula is C19H22FN3O2. The number of likely N-dealkylation sites (tertiary alicyclic amines) is 1. The van der Waals surface area contributed by atoms with Gasteiger partial charge < -0.3 is 10.0 Å². The number of hydrogen-bond acceptors (Lipinski definition) is 3. The standard InChI is InChI=1S/C19H22FN3O2/c1-13-3-2-4-17(21-13)22-19(25)23-11-9-15(10-12-23)18(24)14-5-7-16(20)8-6-14/h2-8,15,18,24H,9-12H2,1H3,(H,21,22,25). The number of halogens is 1. The van der Waals surface area contributed by atoms with Gasteiger partial charge in [0.15, 0.2) is 0 Å². The number of piperidine rings is 1. The van der Waals surface area contributed by atoms with E-state index in [9.17, 15) is 14.3 Å². The van der Waals surface area contributed by atoms with E-state index >= 15 is 0 Å². The maximum atomic E-state index is 13.0. The summed E-state index contributed by atoms with van der Waals surface area (Å²) in [6, 6.07) is 11.3. The molecule has 1 unspecified atom stereocenters. The molecule has 1 saturated heterocycles. The first-order chi connectivity index (χ1) is 12.0. The number of carbonyl (C=O) groups is 1. The summed E-state index contributed by atoms with van der Waals surface area (Å²) in [6.07, 6.45) is 0.768. The first-order valence-electron chi connectivity index (χ1n) is 8.46. The van der Waals surface area contributed by atoms with Gasteiger partial charge in [-0.15, -0.1) is 0 Å². The second-order valence-electron chi connectivity index (χ2n) is 6.42. The lowest BCUT2D eigenvalue weighted by atomic mass is 9.87. The topological polar surface area (TPSA) is 65.5 Å². The Labute approximate surface area is 146 Å². The van der Waals surface area contributed by atoms with Crippen LogP contribution in [0.3, 0.4) is 0 Å². The van der Waals surface area contributed by atoms with E-state index < -0.39 is 6.10 Å². The predicted octanol–water partition coefficient (Wildman–Crippen LogP) is 3.51. The molecule has 1 fully saturated rings. The third kappa shape index (κ3) is 4.33. The highest BCUT2D eigenvalue weighted by Crippen LogP contribution is 2.31. The molecule has 2 amide bonds. The lowest BCUT2D eigenvalue weighted by Gasteiger charge is -2.34. The minimum absolute atomic E-state index is 0.0617. The van der Waals surface area contributed by atoms with Crippen LogP contribution in [0.15, 0.2) is 42.5 Å². The van der Waals surface area contributed by atoms with Crippen LogP contribution in [-0.4, -0.2) is 34.1 Å². The van der Waals surface area contributed by atoms with Gasteiger partial charge in [0.05, 0.1) is 6.10 Å². The number of nitrogens with zero attached hydrogens (tertiary/aromatic N) is 2. The lowest BCUT2D eigenvalue weighted by Crippen LogP contribution is -2.42. The molecule has 3 rings (SSSR count). The number of carbonyl (C=O) groups excluding carboxylic acids is 1. The number of amides is 2. The molecule has 0 radical (unpaired) electrons. The van der Waals surface area contributed by atoms with Crippen molar-refractivity contribution < 1.29 is 14.3 Å². The van der Waals surface area contributed by atoms with E-state index in [1.165, 1.54) is 12.1 Å². The number of aliphatic hydroxyl groups is 1. The zero-order valence-corrected chi connectivity index (χ0v) is 14.2. The molecule has 2 N–H and O–H groups in total. The van der Waals surface area contributed by atoms with Crippen LogP contribution in [0.1, 0.15) is 30.2 Å². The molecule has 5 nitrogen and oxygen atoms in total. The Balaban J connectivity index is 1.54. The Morgan fingerprint density at radius 2 is 1.92 bits per heavy atom. The number of pyridine rings is 1. The quantitative estimate of drug-likeness (QED) is 0.896. The van der Waals surface area contributed by atoms with Crippen molar-refractivity contribution in [1.82, 2.24) is 9.88 Å². The molecule has 0 bridgehead atoms. The molecule has 2 heterocycles. The molecule has 0 aliphatic carbocycles. The number of aromatic nitrogens is 1. The van der Waals surface area contributed by atoms with Crippen molar-refractivity contribution in [2.75, 3.05) is 18.4 Å². The fourth-order valence-electron chi connectivity index (χ4n) is 3.15. The maximum Gasteiger partial charge on any atom is 0.323 e. The normalized spacial score (nSPS) is 16.5. The van der Waals surface area contributed by atoms with Crippen LogP contribution in [0.5, 0.6) is 0 Å². The van der Waals surface area contributed by atoms with Gasteiger partial charge in [0, 0.05) is 18.8 Å². The van der Waals surface area contributed by atoms with Gasteiger partial charge in [-0.05, 0) is 55.5 Å². The van der Waals surface area contributed by atoms with Crippen LogP contribution in [0.4, 0.5) is 15.0 Å². The second-order valence-corrected chi connectivity index (χ2v) is 6.42. The van der Waals surface area contributed by atoms with E-state index in [-0.39, 0.29) is 17.8 Å². The first kappa shape index (κ1) is 17.4. The van der Waals surface area contributed by atoms with Crippen molar-refractivity contribution in [3.8, 4) is 0 Å². The van der Waals surface area contributed by atoms with Crippen LogP contribution in [0, 0.1) is 18.7 Å². The van der Waals surface area contributed by atoms with Crippen molar-refractivity contribution >= 4 is 11.8 Å². The molecule has 1 aromatic heterocycles. The van der Waals surface area contributed by atoms with Crippen molar-refractivity contribution in [2.45, 2.75) is 25.9 Å². The number of hydrogen-bond donors (Lipinski definition) is 2. The molecule has 25 heavy (non-hydrogen) atoms. The predicted molar refractivity (Wildman–Crippen MR) is 93.6 cm³/mol. The van der Waals surface area contributed by atoms with Crippen molar-refractivity contribution in [3.63, 3.8) is 0 Å². The average Bonchev–Trinajstić information content (AvgIpc) is 2.62. The van der Waals surface area contributed by atoms with Crippen LogP contribution >= 0.6 is 0 Å². The summed E-state index contributed by atoms with van der Waals surface area (Å²) in [5, 5.41) is 13.3. The summed E-state index contributed by atoms with van der Waals surface area (Å²) >= 11 is 0. The Bertz CT molecular complexity index is 728. The highest BCUT2D eigenvalue weighted by Gasteiger charge is 2.28. The highest BCUT2D eigenvalue weighted by molar-refractivity contribution is 5.88. The summed E-state index contributed by atoms with van der Waals surface area (Å²) in [5.74, 6) is 0.289. The number of rotatable bonds is 3. The summed E-state index contributed by atoms with van der Waals surface area (Å²) < 4.78 is 13.0. The van der Waals surface area contributed by atoms with Gasteiger partial charge in [0.2, 0.25) is 0 Å². The van der Waals surface area contributed by atoms with E-state index in [4.69, 9.17) is 0 Å². The van der Waals surface area contributed by atoms with Gasteiger partial charge in [0.25, 0.3) is 0 Å². The smallest absolute Gasteiger partial charge is 0.323 e. The van der Waals surface area contributed by atoms with Crippen LogP contribution in [0.2, 0.25) is 0 Å². The van der Waals surface area contributed by atoms with Crippen molar-refractivity contribution in [1.29, 1.82) is 0 Å². The van der Waals surface area contributed by atoms with E-state index in [2.05, 4.69) is 10.3 Å². The maximum absolute atomic E-state index is 13.0. The van der Waals surface area contributed by atoms with Crippen LogP contribution < -0.4 is 5.32 Å². The summed E-state index contributed by atoms with van der Waals surface area (Å²) in [5.41, 5.74) is 1.56. The number of aliphatic hydroxyl groups excluding tert-OH is 1. The average molecular weight is 343 g/mol. The highest BCUT2D eigenvalue weighted by atomic mass is 19.1. The minimum Gasteiger partial charge on any atom is -0.388 e. The Morgan fingerprint density at radius 3 is 2.56 bits per heavy atom. The van der Waals surface area contributed by atoms with Gasteiger partial charge in [-0.2, -0.15) is 0 Å². The summed E-state index contributed by atoms with van der Waals surface area (Å²) in [4.78, 5) is 18.3. The van der Waals surface area contributed by atoms with Gasteiger partial charge in [-0.25, -0.2) is 14.2 Å². The summed E-state index contributed by atoms with van der Waals surface area (Å²) in [7, 11) is 0. The SMILES string of the molecule is Cc1cccc(NC(=O)N2CCC(C(O)c3ccc(F)cc3)CC2)n1. The fourth-order valence-corrected chi connectivity index (χ4v) is 3.15. The molecule has 1 aliphatic heterocycles. The minimum atomic E-state index is -0.635. The molecule has 6 heteroatoms. The van der Waals surface area contributed by atoms with Crippen LogP contribution in [0.25, 0.3) is 0 Å². The van der Waals surface area contributed by atoms with E-state index in [1.807, 2.05) is 19.1 Å². The lowest BCUT2D eigenvalue weighted by molar-refractivity contribution is 0.0682. The summed E-state index contributed by atoms with van der Waals surface area (Å²) in [6.45, 7) is 3.01. The van der Waals surface area contributed by atoms with Crippen molar-refractivity contribution in [3.05, 3.63) is 59.5 Å². The van der Waals surface area contributed by atoms with Gasteiger partial charge in [0.1, 0.15) is 11.6 Å². The molecular weight excluding hydrogens is 321 g/mol. The Morgan fingerprint density at radius 1 is 1.24 bits per heavy atom. The molecule has 132 valence electrons. The number of anilines is 1. The fraction of sp³-hybridized carbons (Fsp3) is 0.368. The Kier molecular flexibility index (Phi) is 5.28. The van der Waals surface area contributed by atoms with E-state index in [1.54, 1.807) is 23.1 Å². The number of benzene rings is 1. The largest absolute Gasteiger partial charge is 0.388 e. The molecule has 0 saturated carbocycles. The van der Waals surface area contributed by atoms with Crippen LogP contribution in [-0.2, 0) is 0 Å². The number of aryl methyl sites for hydroxylation is 1. The van der Waals surface area contributed by atoms with Gasteiger partial charge >= 0.3 is 6.03 Å². The first-order valence-corrected chi connectivity index (χ1v) is 8.46. The third-order valence-corrected chi connectivity index (χ3v) is 4.61. The number of nitrogens with one attached hydrogen (secondary N) is 1.